The number of nitrogens with zero attached hydrogens (tertiary/aromatic N) is 3. The Bertz CT molecular complexity index is 857. The molecule has 0 radical (unpaired) electrons. The zero-order chi connectivity index (χ0) is 20.3. The van der Waals surface area contributed by atoms with Crippen LogP contribution in [0, 0.1) is 13.8 Å². The van der Waals surface area contributed by atoms with E-state index in [4.69, 9.17) is 16.6 Å². The highest BCUT2D eigenvalue weighted by atomic mass is 127. The van der Waals surface area contributed by atoms with Crippen LogP contribution in [0.3, 0.4) is 0 Å². The van der Waals surface area contributed by atoms with E-state index in [1.165, 1.54) is 29.7 Å². The van der Waals surface area contributed by atoms with Crippen LogP contribution in [0.4, 0.5) is 0 Å². The van der Waals surface area contributed by atoms with E-state index in [1.54, 1.807) is 0 Å². The number of hydrogen-bond donors (Lipinski definition) is 2. The molecule has 0 spiro atoms. The molecule has 0 amide bonds. The van der Waals surface area contributed by atoms with Crippen LogP contribution >= 0.6 is 35.6 Å². The van der Waals surface area contributed by atoms with Crippen LogP contribution in [0.5, 0.6) is 0 Å². The third kappa shape index (κ3) is 5.87. The normalized spacial score (nSPS) is 16.1. The molecule has 1 aromatic carbocycles. The van der Waals surface area contributed by atoms with Crippen molar-refractivity contribution in [1.82, 2.24) is 20.4 Å². The second-order valence-electron chi connectivity index (χ2n) is 8.01. The van der Waals surface area contributed by atoms with Gasteiger partial charge in [-0.3, -0.25) is 9.67 Å². The molecular weight excluding hydrogens is 497 g/mol. The lowest BCUT2D eigenvalue weighted by Crippen LogP contribution is -2.43. The topological polar surface area (TPSA) is 54.2 Å². The maximum absolute atomic E-state index is 6.20. The average molecular weight is 530 g/mol. The van der Waals surface area contributed by atoms with Crippen LogP contribution in [-0.2, 0) is 18.9 Å². The molecule has 7 heteroatoms. The van der Waals surface area contributed by atoms with E-state index in [-0.39, 0.29) is 35.4 Å². The van der Waals surface area contributed by atoms with E-state index in [0.717, 1.165) is 36.2 Å². The number of aromatic nitrogens is 2. The van der Waals surface area contributed by atoms with Crippen LogP contribution in [-0.4, -0.2) is 34.9 Å². The standard InChI is InChI=1S/C22H32ClN5.HI/c1-6-24-21(26-15(2)12-20-16(3)27-28(5)17(20)4)25-14-22(10-11-22)18-8-7-9-19(23)13-18;/h7-9,13,15H,6,10-12,14H2,1-5H3,(H2,24,25,26);1H. The highest BCUT2D eigenvalue weighted by molar-refractivity contribution is 14.0. The Hall–Kier alpha value is -1.28. The first-order valence-electron chi connectivity index (χ1n) is 10.1. The van der Waals surface area contributed by atoms with Crippen molar-refractivity contribution < 1.29 is 0 Å². The zero-order valence-electron chi connectivity index (χ0n) is 18.1. The first kappa shape index (κ1) is 24.0. The van der Waals surface area contributed by atoms with Crippen molar-refractivity contribution in [1.29, 1.82) is 0 Å². The summed E-state index contributed by atoms with van der Waals surface area (Å²) in [4.78, 5) is 4.92. The molecule has 1 heterocycles. The fourth-order valence-electron chi connectivity index (χ4n) is 3.76. The summed E-state index contributed by atoms with van der Waals surface area (Å²) in [5.74, 6) is 0.877. The lowest BCUT2D eigenvalue weighted by Gasteiger charge is -2.20. The average Bonchev–Trinajstić information content (AvgIpc) is 3.40. The molecule has 2 aromatic rings. The lowest BCUT2D eigenvalue weighted by atomic mass is 9.96. The van der Waals surface area contributed by atoms with E-state index in [1.807, 2.05) is 23.9 Å². The van der Waals surface area contributed by atoms with Gasteiger partial charge in [0.2, 0.25) is 0 Å². The van der Waals surface area contributed by atoms with Gasteiger partial charge in [0.05, 0.1) is 12.2 Å². The number of halogens is 2. The quantitative estimate of drug-likeness (QED) is 0.315. The molecule has 3 rings (SSSR count). The summed E-state index contributed by atoms with van der Waals surface area (Å²) in [6, 6.07) is 8.48. The molecule has 1 unspecified atom stereocenters. The third-order valence-electron chi connectivity index (χ3n) is 5.73. The second-order valence-corrected chi connectivity index (χ2v) is 8.44. The van der Waals surface area contributed by atoms with Gasteiger partial charge >= 0.3 is 0 Å². The van der Waals surface area contributed by atoms with Crippen LogP contribution < -0.4 is 10.6 Å². The van der Waals surface area contributed by atoms with Crippen LogP contribution in [0.2, 0.25) is 5.02 Å². The molecule has 1 aliphatic rings. The van der Waals surface area contributed by atoms with Gasteiger partial charge in [0.15, 0.2) is 5.96 Å². The van der Waals surface area contributed by atoms with Gasteiger partial charge in [-0.05, 0) is 70.2 Å². The summed E-state index contributed by atoms with van der Waals surface area (Å²) in [6.07, 6.45) is 3.26. The molecule has 29 heavy (non-hydrogen) atoms. The first-order valence-corrected chi connectivity index (χ1v) is 10.5. The number of rotatable bonds is 7. The van der Waals surface area contributed by atoms with Crippen molar-refractivity contribution in [2.45, 2.75) is 58.4 Å². The monoisotopic (exact) mass is 529 g/mol. The van der Waals surface area contributed by atoms with E-state index in [0.29, 0.717) is 0 Å². The molecule has 0 bridgehead atoms. The maximum atomic E-state index is 6.20. The van der Waals surface area contributed by atoms with Crippen LogP contribution in [0.25, 0.3) is 0 Å². The van der Waals surface area contributed by atoms with Crippen molar-refractivity contribution >= 4 is 41.5 Å². The maximum Gasteiger partial charge on any atom is 0.191 e. The number of aryl methyl sites for hydroxylation is 2. The summed E-state index contributed by atoms with van der Waals surface area (Å²) in [7, 11) is 2.00. The van der Waals surface area contributed by atoms with Gasteiger partial charge in [0.25, 0.3) is 0 Å². The van der Waals surface area contributed by atoms with Gasteiger partial charge in [-0.2, -0.15) is 5.10 Å². The molecule has 1 fully saturated rings. The summed E-state index contributed by atoms with van der Waals surface area (Å²) >= 11 is 6.20. The fourth-order valence-corrected chi connectivity index (χ4v) is 3.95. The van der Waals surface area contributed by atoms with Gasteiger partial charge in [0.1, 0.15) is 0 Å². The summed E-state index contributed by atoms with van der Waals surface area (Å²) in [5.41, 5.74) is 5.09. The largest absolute Gasteiger partial charge is 0.357 e. The summed E-state index contributed by atoms with van der Waals surface area (Å²) in [5, 5.41) is 12.3. The number of benzene rings is 1. The second kappa shape index (κ2) is 10.2. The smallest absolute Gasteiger partial charge is 0.191 e. The molecule has 1 aliphatic carbocycles. The van der Waals surface area contributed by atoms with E-state index < -0.39 is 0 Å². The third-order valence-corrected chi connectivity index (χ3v) is 5.96. The lowest BCUT2D eigenvalue weighted by molar-refractivity contribution is 0.627. The molecule has 0 aliphatic heterocycles. The van der Waals surface area contributed by atoms with Crippen molar-refractivity contribution in [3.05, 3.63) is 51.8 Å². The number of nitrogens with one attached hydrogen (secondary N) is 2. The predicted octanol–water partition coefficient (Wildman–Crippen LogP) is 4.53. The fraction of sp³-hybridized carbons (Fsp3) is 0.545. The predicted molar refractivity (Wildman–Crippen MR) is 133 cm³/mol. The Labute approximate surface area is 196 Å². The molecule has 1 saturated carbocycles. The van der Waals surface area contributed by atoms with Crippen molar-refractivity contribution in [3.63, 3.8) is 0 Å². The van der Waals surface area contributed by atoms with Crippen molar-refractivity contribution in [3.8, 4) is 0 Å². The van der Waals surface area contributed by atoms with Crippen molar-refractivity contribution in [2.24, 2.45) is 12.0 Å². The first-order chi connectivity index (χ1) is 13.3. The minimum Gasteiger partial charge on any atom is -0.357 e. The van der Waals surface area contributed by atoms with E-state index in [2.05, 4.69) is 55.6 Å². The van der Waals surface area contributed by atoms with Gasteiger partial charge < -0.3 is 10.6 Å². The van der Waals surface area contributed by atoms with Gasteiger partial charge in [-0.25, -0.2) is 0 Å². The van der Waals surface area contributed by atoms with Gasteiger partial charge in [0, 0.05) is 35.8 Å². The summed E-state index contributed by atoms with van der Waals surface area (Å²) in [6.45, 7) is 10.1. The molecule has 1 atom stereocenters. The number of guanidine groups is 1. The zero-order valence-corrected chi connectivity index (χ0v) is 21.1. The van der Waals surface area contributed by atoms with Crippen LogP contribution in [0.15, 0.2) is 29.3 Å². The van der Waals surface area contributed by atoms with E-state index in [9.17, 15) is 0 Å². The van der Waals surface area contributed by atoms with Gasteiger partial charge in [-0.1, -0.05) is 23.7 Å². The Kier molecular flexibility index (Phi) is 8.40. The SMILES string of the molecule is CCNC(=NCC1(c2cccc(Cl)c2)CC1)NC(C)Cc1c(C)nn(C)c1C.I. The Morgan fingerprint density at radius 3 is 2.62 bits per heavy atom. The highest BCUT2D eigenvalue weighted by Crippen LogP contribution is 2.48. The molecule has 0 saturated heterocycles. The highest BCUT2D eigenvalue weighted by Gasteiger charge is 2.44. The Morgan fingerprint density at radius 2 is 2.07 bits per heavy atom. The van der Waals surface area contributed by atoms with Crippen LogP contribution in [0.1, 0.15) is 49.2 Å². The van der Waals surface area contributed by atoms with E-state index >= 15 is 0 Å². The summed E-state index contributed by atoms with van der Waals surface area (Å²) < 4.78 is 1.96. The van der Waals surface area contributed by atoms with Crippen molar-refractivity contribution in [2.75, 3.05) is 13.1 Å². The Balaban J connectivity index is 0.00000300. The number of hydrogen-bond acceptors (Lipinski definition) is 2. The molecule has 160 valence electrons. The molecular formula is C22H33ClIN5. The number of aliphatic imine (C=N–C) groups is 1. The molecule has 1 aromatic heterocycles. The Morgan fingerprint density at radius 1 is 1.34 bits per heavy atom. The van der Waals surface area contributed by atoms with Gasteiger partial charge in [-0.15, -0.1) is 24.0 Å². The molecule has 5 nitrogen and oxygen atoms in total. The molecule has 2 N–H and O–H groups in total. The minimum absolute atomic E-state index is 0. The minimum atomic E-state index is 0.